The lowest BCUT2D eigenvalue weighted by Gasteiger charge is -2.40. The van der Waals surface area contributed by atoms with Crippen LogP contribution >= 0.6 is 0 Å². The monoisotopic (exact) mass is 239 g/mol. The van der Waals surface area contributed by atoms with Crippen molar-refractivity contribution in [3.8, 4) is 12.3 Å². The Balaban J connectivity index is 3.21. The Morgan fingerprint density at radius 3 is 2.47 bits per heavy atom. The summed E-state index contributed by atoms with van der Waals surface area (Å²) in [5.74, 6) is 2.62. The van der Waals surface area contributed by atoms with Gasteiger partial charge in [0.15, 0.2) is 11.8 Å². The predicted molar refractivity (Wildman–Crippen MR) is 63.4 cm³/mol. The molecule has 0 spiro atoms. The molecular weight excluding hydrogens is 222 g/mol. The summed E-state index contributed by atoms with van der Waals surface area (Å²) in [4.78, 5) is 16.9. The molecule has 0 saturated heterocycles. The van der Waals surface area contributed by atoms with Crippen molar-refractivity contribution in [2.24, 2.45) is 10.7 Å². The Morgan fingerprint density at radius 2 is 2.06 bits per heavy atom. The number of carbonyl (C=O) groups is 1. The highest BCUT2D eigenvalue weighted by Gasteiger charge is 2.52. The van der Waals surface area contributed by atoms with E-state index < -0.39 is 23.9 Å². The fraction of sp³-hybridized carbons (Fsp3) is 0.636. The average Bonchev–Trinajstić information content (AvgIpc) is 2.51. The maximum atomic E-state index is 11.8. The van der Waals surface area contributed by atoms with Crippen molar-refractivity contribution in [2.75, 3.05) is 14.2 Å². The number of nitrogens with two attached hydrogens (primary N) is 1. The van der Waals surface area contributed by atoms with E-state index in [0.717, 1.165) is 0 Å². The lowest BCUT2D eigenvalue weighted by Crippen LogP contribution is -2.62. The first kappa shape index (κ1) is 13.5. The molecule has 6 nitrogen and oxygen atoms in total. The highest BCUT2D eigenvalue weighted by atomic mass is 16.7. The predicted octanol–water partition coefficient (Wildman–Crippen LogP) is 0.179. The van der Waals surface area contributed by atoms with E-state index in [9.17, 15) is 4.79 Å². The molecule has 2 unspecified atom stereocenters. The van der Waals surface area contributed by atoms with Gasteiger partial charge >= 0.3 is 6.03 Å². The average molecular weight is 239 g/mol. The van der Waals surface area contributed by atoms with E-state index in [1.807, 2.05) is 0 Å². The highest BCUT2D eigenvalue weighted by Crippen LogP contribution is 2.30. The third-order valence-electron chi connectivity index (χ3n) is 2.96. The molecule has 0 aliphatic carbocycles. The summed E-state index contributed by atoms with van der Waals surface area (Å²) in [6.07, 6.45) is 4.62. The second-order valence-corrected chi connectivity index (χ2v) is 3.94. The minimum absolute atomic E-state index is 0.137. The summed E-state index contributed by atoms with van der Waals surface area (Å²) in [6, 6.07) is -0.931. The maximum absolute atomic E-state index is 11.8. The quantitative estimate of drug-likeness (QED) is 0.560. The van der Waals surface area contributed by atoms with Crippen LogP contribution in [0.5, 0.6) is 0 Å². The molecule has 2 amide bonds. The number of rotatable bonds is 4. The SMILES string of the molecule is C#CC(C)N1C(=O)N=C(N)C1(C)C(OC)OC. The molecule has 94 valence electrons. The molecule has 1 rings (SSSR count). The Labute approximate surface area is 101 Å². The van der Waals surface area contributed by atoms with Crippen LogP contribution in [-0.2, 0) is 9.47 Å². The van der Waals surface area contributed by atoms with E-state index in [2.05, 4.69) is 10.9 Å². The fourth-order valence-corrected chi connectivity index (χ4v) is 2.02. The van der Waals surface area contributed by atoms with Crippen LogP contribution in [0, 0.1) is 12.3 Å². The molecule has 6 heteroatoms. The summed E-state index contributed by atoms with van der Waals surface area (Å²) >= 11 is 0. The van der Waals surface area contributed by atoms with Crippen LogP contribution in [0.4, 0.5) is 4.79 Å². The molecule has 1 aliphatic heterocycles. The van der Waals surface area contributed by atoms with Crippen molar-refractivity contribution < 1.29 is 14.3 Å². The summed E-state index contributed by atoms with van der Waals surface area (Å²) in [7, 11) is 2.93. The van der Waals surface area contributed by atoms with Crippen molar-refractivity contribution in [3.05, 3.63) is 0 Å². The molecule has 0 aromatic carbocycles. The topological polar surface area (TPSA) is 77.2 Å². The zero-order chi connectivity index (χ0) is 13.2. The van der Waals surface area contributed by atoms with E-state index >= 15 is 0 Å². The van der Waals surface area contributed by atoms with Gasteiger partial charge in [0.2, 0.25) is 0 Å². The molecule has 0 bridgehead atoms. The molecule has 1 aliphatic rings. The van der Waals surface area contributed by atoms with Crippen LogP contribution in [0.2, 0.25) is 0 Å². The molecule has 2 N–H and O–H groups in total. The standard InChI is InChI=1S/C11H17N3O3/c1-6-7(2)14-10(15)13-8(12)11(14,3)9(16-4)17-5/h1,7,9H,2-5H3,(H2,12,13,15). The minimum Gasteiger partial charge on any atom is -0.385 e. The zero-order valence-electron chi connectivity index (χ0n) is 10.4. The molecule has 0 fully saturated rings. The second kappa shape index (κ2) is 4.73. The van der Waals surface area contributed by atoms with Gasteiger partial charge in [0.05, 0.1) is 6.04 Å². The van der Waals surface area contributed by atoms with Gasteiger partial charge in [0.25, 0.3) is 0 Å². The van der Waals surface area contributed by atoms with E-state index in [1.54, 1.807) is 13.8 Å². The van der Waals surface area contributed by atoms with Gasteiger partial charge in [-0.05, 0) is 13.8 Å². The number of methoxy groups -OCH3 is 2. The third-order valence-corrected chi connectivity index (χ3v) is 2.96. The van der Waals surface area contributed by atoms with Crippen molar-refractivity contribution >= 4 is 11.9 Å². The molecule has 0 saturated carbocycles. The number of carbonyl (C=O) groups excluding carboxylic acids is 1. The number of hydrogen-bond donors (Lipinski definition) is 1. The van der Waals surface area contributed by atoms with Crippen LogP contribution in [0.25, 0.3) is 0 Å². The molecule has 0 aromatic heterocycles. The van der Waals surface area contributed by atoms with Gasteiger partial charge < -0.3 is 15.2 Å². The van der Waals surface area contributed by atoms with Gasteiger partial charge in [-0.3, -0.25) is 4.90 Å². The second-order valence-electron chi connectivity index (χ2n) is 3.94. The van der Waals surface area contributed by atoms with Crippen molar-refractivity contribution in [1.82, 2.24) is 4.90 Å². The summed E-state index contributed by atoms with van der Waals surface area (Å²) < 4.78 is 10.4. The highest BCUT2D eigenvalue weighted by molar-refractivity contribution is 6.06. The molecule has 1 heterocycles. The normalized spacial score (nSPS) is 26.0. The molecule has 0 aromatic rings. The first-order chi connectivity index (χ1) is 7.93. The van der Waals surface area contributed by atoms with Gasteiger partial charge in [-0.1, -0.05) is 5.92 Å². The lowest BCUT2D eigenvalue weighted by atomic mass is 9.97. The van der Waals surface area contributed by atoms with Gasteiger partial charge in [-0.15, -0.1) is 6.42 Å². The fourth-order valence-electron chi connectivity index (χ4n) is 2.02. The van der Waals surface area contributed by atoms with Crippen molar-refractivity contribution in [2.45, 2.75) is 31.7 Å². The first-order valence-corrected chi connectivity index (χ1v) is 5.13. The van der Waals surface area contributed by atoms with E-state index in [1.165, 1.54) is 19.1 Å². The zero-order valence-corrected chi connectivity index (χ0v) is 10.4. The smallest absolute Gasteiger partial charge is 0.347 e. The largest absolute Gasteiger partial charge is 0.385 e. The van der Waals surface area contributed by atoms with Gasteiger partial charge in [-0.2, -0.15) is 4.99 Å². The van der Waals surface area contributed by atoms with E-state index in [4.69, 9.17) is 21.6 Å². The van der Waals surface area contributed by atoms with E-state index in [-0.39, 0.29) is 5.84 Å². The number of ether oxygens (including phenoxy) is 2. The molecule has 2 atom stereocenters. The van der Waals surface area contributed by atoms with Crippen LogP contribution in [0.1, 0.15) is 13.8 Å². The van der Waals surface area contributed by atoms with E-state index in [0.29, 0.717) is 0 Å². The van der Waals surface area contributed by atoms with Crippen LogP contribution in [0.15, 0.2) is 4.99 Å². The summed E-state index contributed by atoms with van der Waals surface area (Å²) in [6.45, 7) is 3.43. The molecular formula is C11H17N3O3. The Hall–Kier alpha value is -1.58. The lowest BCUT2D eigenvalue weighted by molar-refractivity contribution is -0.153. The Kier molecular flexibility index (Phi) is 3.76. The number of amidine groups is 1. The Morgan fingerprint density at radius 1 is 1.53 bits per heavy atom. The number of hydrogen-bond acceptors (Lipinski definition) is 4. The van der Waals surface area contributed by atoms with Crippen LogP contribution in [-0.4, -0.2) is 48.9 Å². The number of urea groups is 1. The van der Waals surface area contributed by atoms with Crippen molar-refractivity contribution in [1.29, 1.82) is 0 Å². The molecule has 0 radical (unpaired) electrons. The number of terminal acetylenes is 1. The maximum Gasteiger partial charge on any atom is 0.347 e. The van der Waals surface area contributed by atoms with Gasteiger partial charge in [0, 0.05) is 14.2 Å². The van der Waals surface area contributed by atoms with Crippen LogP contribution < -0.4 is 5.73 Å². The van der Waals surface area contributed by atoms with Crippen LogP contribution in [0.3, 0.4) is 0 Å². The third kappa shape index (κ3) is 1.88. The first-order valence-electron chi connectivity index (χ1n) is 5.13. The number of nitrogens with zero attached hydrogens (tertiary/aromatic N) is 2. The number of amides is 2. The summed E-state index contributed by atoms with van der Waals surface area (Å²) in [5.41, 5.74) is 4.80. The number of aliphatic imine (C=N–C) groups is 1. The van der Waals surface area contributed by atoms with Crippen molar-refractivity contribution in [3.63, 3.8) is 0 Å². The minimum atomic E-state index is -0.994. The Bertz CT molecular complexity index is 384. The van der Waals surface area contributed by atoms with Gasteiger partial charge in [0.1, 0.15) is 5.84 Å². The summed E-state index contributed by atoms with van der Waals surface area (Å²) in [5, 5.41) is 0. The molecule has 17 heavy (non-hydrogen) atoms. The van der Waals surface area contributed by atoms with Gasteiger partial charge in [-0.25, -0.2) is 4.79 Å².